The number of benzene rings is 3. The zero-order chi connectivity index (χ0) is 33.5. The molecule has 4 aromatic rings. The molecule has 0 saturated carbocycles. The molecule has 9 nitrogen and oxygen atoms in total. The first-order valence-electron chi connectivity index (χ1n) is 12.0. The van der Waals surface area contributed by atoms with Gasteiger partial charge in [-0.2, -0.15) is 13.2 Å². The molecular formula is C26H17F9N2O7S. The van der Waals surface area contributed by atoms with Crippen LogP contribution in [0.5, 0.6) is 17.2 Å². The molecule has 1 atom stereocenters. The average Bonchev–Trinajstić information content (AvgIpc) is 3.33. The normalized spacial score (nSPS) is 13.4. The summed E-state index contributed by atoms with van der Waals surface area (Å²) in [5.74, 6) is -6.31. The number of alkyl halides is 9. The molecule has 0 bridgehead atoms. The number of anilines is 1. The van der Waals surface area contributed by atoms with E-state index in [2.05, 4.69) is 19.8 Å². The Morgan fingerprint density at radius 3 is 1.91 bits per heavy atom. The number of aromatic nitrogens is 1. The predicted octanol–water partition coefficient (Wildman–Crippen LogP) is 6.63. The minimum atomic E-state index is -5.46. The molecule has 0 aliphatic heterocycles. The lowest BCUT2D eigenvalue weighted by Crippen LogP contribution is -2.31. The third kappa shape index (κ3) is 7.83. The van der Waals surface area contributed by atoms with Crippen molar-refractivity contribution in [2.45, 2.75) is 41.2 Å². The van der Waals surface area contributed by atoms with E-state index in [4.69, 9.17) is 0 Å². The van der Waals surface area contributed by atoms with Crippen LogP contribution in [0.3, 0.4) is 0 Å². The molecule has 0 amide bonds. The molecule has 4 N–H and O–H groups in total. The van der Waals surface area contributed by atoms with Gasteiger partial charge in [0.05, 0.1) is 15.4 Å². The van der Waals surface area contributed by atoms with Gasteiger partial charge in [-0.3, -0.25) is 0 Å². The molecule has 0 aliphatic carbocycles. The third-order valence-electron chi connectivity index (χ3n) is 6.06. The standard InChI is InChI=1S/C26H17F9N2O7S/c27-24(28,29)13-1-4-15(5-2-13)45(41,42)21-11-36-17-6-3-14(10-16(17)21)37-18(23(39)40)7-12-8-19(43-25(30,31)32)22(38)20(9-12)44-26(33,34)35/h1-6,8-11,18,36-38H,7H2,(H,39,40)/t18-/m1/s1. The highest BCUT2D eigenvalue weighted by Crippen LogP contribution is 2.42. The summed E-state index contributed by atoms with van der Waals surface area (Å²) in [6.07, 6.45) is -15.4. The minimum absolute atomic E-state index is 0.0320. The monoisotopic (exact) mass is 672 g/mol. The number of fused-ring (bicyclic) bond motifs is 1. The van der Waals surface area contributed by atoms with E-state index in [0.29, 0.717) is 24.3 Å². The number of nitrogens with one attached hydrogen (secondary N) is 2. The molecule has 0 unspecified atom stereocenters. The maximum Gasteiger partial charge on any atom is 0.573 e. The number of aromatic amines is 1. The van der Waals surface area contributed by atoms with Gasteiger partial charge in [-0.1, -0.05) is 0 Å². The number of aromatic hydroxyl groups is 1. The molecule has 0 spiro atoms. The zero-order valence-electron chi connectivity index (χ0n) is 21.8. The lowest BCUT2D eigenvalue weighted by atomic mass is 10.0. The first-order valence-corrected chi connectivity index (χ1v) is 13.5. The number of carboxylic acid groups (broad SMARTS) is 1. The molecule has 0 aliphatic rings. The number of ether oxygens (including phenoxy) is 2. The summed E-state index contributed by atoms with van der Waals surface area (Å²) < 4.78 is 149. The zero-order valence-corrected chi connectivity index (χ0v) is 22.6. The van der Waals surface area contributed by atoms with Crippen molar-refractivity contribution in [2.24, 2.45) is 0 Å². The summed E-state index contributed by atoms with van der Waals surface area (Å²) in [7, 11) is -4.42. The number of carboxylic acids is 1. The largest absolute Gasteiger partial charge is 0.573 e. The minimum Gasteiger partial charge on any atom is -0.502 e. The van der Waals surface area contributed by atoms with Crippen molar-refractivity contribution in [3.63, 3.8) is 0 Å². The quantitative estimate of drug-likeness (QED) is 0.146. The Bertz CT molecular complexity index is 1800. The van der Waals surface area contributed by atoms with E-state index in [0.717, 1.165) is 24.4 Å². The average molecular weight is 672 g/mol. The first-order chi connectivity index (χ1) is 20.6. The molecule has 1 heterocycles. The number of phenolic OH excluding ortho intramolecular Hbond substituents is 1. The molecule has 4 rings (SSSR count). The van der Waals surface area contributed by atoms with Crippen LogP contribution in [0.4, 0.5) is 45.2 Å². The Labute approximate surface area is 245 Å². The first kappa shape index (κ1) is 33.1. The molecule has 45 heavy (non-hydrogen) atoms. The van der Waals surface area contributed by atoms with Gasteiger partial charge in [-0.25, -0.2) is 13.2 Å². The van der Waals surface area contributed by atoms with Gasteiger partial charge in [0.1, 0.15) is 6.04 Å². The number of sulfone groups is 1. The maximum atomic E-state index is 13.2. The molecule has 0 saturated heterocycles. The summed E-state index contributed by atoms with van der Waals surface area (Å²) >= 11 is 0. The summed E-state index contributed by atoms with van der Waals surface area (Å²) in [5.41, 5.74) is -1.47. The van der Waals surface area contributed by atoms with E-state index in [1.54, 1.807) is 0 Å². The predicted molar refractivity (Wildman–Crippen MR) is 135 cm³/mol. The van der Waals surface area contributed by atoms with Crippen molar-refractivity contribution in [2.75, 3.05) is 5.32 Å². The van der Waals surface area contributed by atoms with Crippen LogP contribution in [0.25, 0.3) is 10.9 Å². The van der Waals surface area contributed by atoms with E-state index >= 15 is 0 Å². The van der Waals surface area contributed by atoms with E-state index in [1.807, 2.05) is 0 Å². The van der Waals surface area contributed by atoms with Crippen LogP contribution in [-0.4, -0.2) is 48.4 Å². The van der Waals surface area contributed by atoms with Crippen molar-refractivity contribution >= 4 is 32.4 Å². The number of halogens is 9. The Morgan fingerprint density at radius 2 is 1.42 bits per heavy atom. The SMILES string of the molecule is O=C(O)[C@@H](Cc1cc(OC(F)(F)F)c(O)c(OC(F)(F)F)c1)Nc1ccc2[nH]cc(S(=O)(=O)c3ccc(C(F)(F)F)cc3)c2c1. The number of hydrogen-bond acceptors (Lipinski definition) is 7. The summed E-state index contributed by atoms with van der Waals surface area (Å²) in [6, 6.07) is 5.54. The lowest BCUT2D eigenvalue weighted by molar-refractivity contribution is -0.277. The van der Waals surface area contributed by atoms with Crippen LogP contribution < -0.4 is 14.8 Å². The van der Waals surface area contributed by atoms with Crippen molar-refractivity contribution in [1.29, 1.82) is 0 Å². The summed E-state index contributed by atoms with van der Waals surface area (Å²) in [4.78, 5) is 13.8. The summed E-state index contributed by atoms with van der Waals surface area (Å²) in [6.45, 7) is 0. The van der Waals surface area contributed by atoms with E-state index < -0.39 is 85.3 Å². The Kier molecular flexibility index (Phi) is 8.53. The lowest BCUT2D eigenvalue weighted by Gasteiger charge is -2.19. The fourth-order valence-electron chi connectivity index (χ4n) is 4.15. The van der Waals surface area contributed by atoms with Crippen molar-refractivity contribution in [1.82, 2.24) is 4.98 Å². The fraction of sp³-hybridized carbons (Fsp3) is 0.192. The van der Waals surface area contributed by atoms with E-state index in [9.17, 15) is 62.9 Å². The number of aliphatic carboxylic acids is 1. The smallest absolute Gasteiger partial charge is 0.502 e. The molecule has 0 fully saturated rings. The maximum absolute atomic E-state index is 13.2. The number of phenols is 1. The molecule has 0 radical (unpaired) electrons. The Balaban J connectivity index is 1.67. The molecule has 1 aromatic heterocycles. The van der Waals surface area contributed by atoms with Crippen LogP contribution in [0, 0.1) is 0 Å². The molecule has 19 heteroatoms. The van der Waals surface area contributed by atoms with Gasteiger partial charge < -0.3 is 30.0 Å². The number of carbonyl (C=O) groups is 1. The van der Waals surface area contributed by atoms with Gasteiger partial charge in [0, 0.05) is 29.2 Å². The highest BCUT2D eigenvalue weighted by Gasteiger charge is 2.37. The number of H-pyrrole nitrogens is 1. The van der Waals surface area contributed by atoms with E-state index in [1.165, 1.54) is 12.1 Å². The van der Waals surface area contributed by atoms with Gasteiger partial charge in [0.25, 0.3) is 0 Å². The second-order valence-corrected chi connectivity index (χ2v) is 11.1. The van der Waals surface area contributed by atoms with Crippen LogP contribution in [-0.2, 0) is 27.2 Å². The highest BCUT2D eigenvalue weighted by molar-refractivity contribution is 7.91. The van der Waals surface area contributed by atoms with Gasteiger partial charge in [-0.15, -0.1) is 26.3 Å². The molecular weight excluding hydrogens is 655 g/mol. The number of hydrogen-bond donors (Lipinski definition) is 4. The van der Waals surface area contributed by atoms with E-state index in [-0.39, 0.29) is 16.6 Å². The van der Waals surface area contributed by atoms with Gasteiger partial charge in [-0.05, 0) is 60.2 Å². The third-order valence-corrected chi connectivity index (χ3v) is 7.86. The Hall–Kier alpha value is -4.81. The van der Waals surface area contributed by atoms with Crippen molar-refractivity contribution < 1.29 is 72.4 Å². The fourth-order valence-corrected chi connectivity index (χ4v) is 5.57. The second kappa shape index (κ2) is 11.6. The van der Waals surface area contributed by atoms with Gasteiger partial charge in [0.2, 0.25) is 15.6 Å². The molecule has 3 aromatic carbocycles. The van der Waals surface area contributed by atoms with Crippen molar-refractivity contribution in [3.05, 3.63) is 71.9 Å². The van der Waals surface area contributed by atoms with Crippen LogP contribution >= 0.6 is 0 Å². The van der Waals surface area contributed by atoms with Crippen LogP contribution in [0.1, 0.15) is 11.1 Å². The van der Waals surface area contributed by atoms with Crippen molar-refractivity contribution in [3.8, 4) is 17.2 Å². The second-order valence-electron chi connectivity index (χ2n) is 9.21. The van der Waals surface area contributed by atoms with Crippen LogP contribution in [0.2, 0.25) is 0 Å². The molecule has 242 valence electrons. The highest BCUT2D eigenvalue weighted by atomic mass is 32.2. The topological polar surface area (TPSA) is 138 Å². The van der Waals surface area contributed by atoms with Gasteiger partial charge >= 0.3 is 24.9 Å². The Morgan fingerprint density at radius 1 is 0.867 bits per heavy atom. The summed E-state index contributed by atoms with van der Waals surface area (Å²) in [5, 5.41) is 22.0. The number of rotatable bonds is 9. The van der Waals surface area contributed by atoms with Gasteiger partial charge in [0.15, 0.2) is 11.5 Å². The van der Waals surface area contributed by atoms with Crippen LogP contribution in [0.15, 0.2) is 70.6 Å².